The summed E-state index contributed by atoms with van der Waals surface area (Å²) in [5.41, 5.74) is 6.04. The van der Waals surface area contributed by atoms with Gasteiger partial charge in [-0.2, -0.15) is 0 Å². The second kappa shape index (κ2) is 4.50. The Morgan fingerprint density at radius 3 is 2.67 bits per heavy atom. The molecule has 0 spiro atoms. The fourth-order valence-corrected chi connectivity index (χ4v) is 1.83. The van der Waals surface area contributed by atoms with E-state index in [1.165, 1.54) is 25.2 Å². The van der Waals surface area contributed by atoms with Gasteiger partial charge >= 0.3 is 0 Å². The van der Waals surface area contributed by atoms with E-state index in [9.17, 15) is 8.42 Å². The summed E-state index contributed by atoms with van der Waals surface area (Å²) < 4.78 is 30.3. The molecule has 1 aromatic rings. The smallest absolute Gasteiger partial charge is 0.240 e. The van der Waals surface area contributed by atoms with Gasteiger partial charge < -0.3 is 10.5 Å². The SMILES string of the molecule is CCOc1cc(S(=O)(=O)NC)ccc1N. The molecule has 0 radical (unpaired) electrons. The number of ether oxygens (including phenoxy) is 1. The number of nitrogens with one attached hydrogen (secondary N) is 1. The first-order valence-electron chi connectivity index (χ1n) is 4.47. The molecule has 0 aliphatic carbocycles. The van der Waals surface area contributed by atoms with Crippen LogP contribution in [0.5, 0.6) is 5.75 Å². The Morgan fingerprint density at radius 2 is 2.13 bits per heavy atom. The highest BCUT2D eigenvalue weighted by atomic mass is 32.2. The van der Waals surface area contributed by atoms with Crippen LogP contribution in [0, 0.1) is 0 Å². The maximum Gasteiger partial charge on any atom is 0.240 e. The van der Waals surface area contributed by atoms with Crippen molar-refractivity contribution >= 4 is 15.7 Å². The Balaban J connectivity index is 3.19. The van der Waals surface area contributed by atoms with E-state index in [1.807, 2.05) is 0 Å². The minimum Gasteiger partial charge on any atom is -0.492 e. The van der Waals surface area contributed by atoms with Crippen LogP contribution in [0.4, 0.5) is 5.69 Å². The summed E-state index contributed by atoms with van der Waals surface area (Å²) in [5, 5.41) is 0. The van der Waals surface area contributed by atoms with E-state index in [0.29, 0.717) is 18.0 Å². The average Bonchev–Trinajstić information content (AvgIpc) is 2.21. The quantitative estimate of drug-likeness (QED) is 0.741. The normalized spacial score (nSPS) is 11.3. The Morgan fingerprint density at radius 1 is 1.47 bits per heavy atom. The fraction of sp³-hybridized carbons (Fsp3) is 0.333. The zero-order chi connectivity index (χ0) is 11.5. The summed E-state index contributed by atoms with van der Waals surface area (Å²) in [6.45, 7) is 2.24. The Kier molecular flexibility index (Phi) is 3.54. The minimum atomic E-state index is -3.44. The lowest BCUT2D eigenvalue weighted by Crippen LogP contribution is -2.18. The van der Waals surface area contributed by atoms with Gasteiger partial charge in [0.25, 0.3) is 0 Å². The number of nitrogens with two attached hydrogens (primary N) is 1. The van der Waals surface area contributed by atoms with Crippen LogP contribution in [0.3, 0.4) is 0 Å². The number of rotatable bonds is 4. The molecular formula is C9H14N2O3S. The molecule has 0 saturated heterocycles. The number of anilines is 1. The van der Waals surface area contributed by atoms with E-state index in [2.05, 4.69) is 4.72 Å². The standard InChI is InChI=1S/C9H14N2O3S/c1-3-14-9-6-7(4-5-8(9)10)15(12,13)11-2/h4-6,11H,3,10H2,1-2H3. The molecule has 0 aromatic heterocycles. The highest BCUT2D eigenvalue weighted by Gasteiger charge is 2.13. The van der Waals surface area contributed by atoms with Gasteiger partial charge in [-0.3, -0.25) is 0 Å². The Hall–Kier alpha value is -1.27. The van der Waals surface area contributed by atoms with E-state index in [0.717, 1.165) is 0 Å². The van der Waals surface area contributed by atoms with Crippen molar-refractivity contribution in [2.75, 3.05) is 19.4 Å². The highest BCUT2D eigenvalue weighted by Crippen LogP contribution is 2.24. The van der Waals surface area contributed by atoms with Crippen molar-refractivity contribution in [3.05, 3.63) is 18.2 Å². The van der Waals surface area contributed by atoms with E-state index in [1.54, 1.807) is 6.92 Å². The summed E-state index contributed by atoms with van der Waals surface area (Å²) >= 11 is 0. The van der Waals surface area contributed by atoms with Gasteiger partial charge in [0, 0.05) is 6.07 Å². The molecule has 5 nitrogen and oxygen atoms in total. The lowest BCUT2D eigenvalue weighted by Gasteiger charge is -2.09. The number of hydrogen-bond acceptors (Lipinski definition) is 4. The topological polar surface area (TPSA) is 81.4 Å². The lowest BCUT2D eigenvalue weighted by molar-refractivity contribution is 0.341. The van der Waals surface area contributed by atoms with Gasteiger partial charge in [-0.05, 0) is 26.1 Å². The molecule has 0 aliphatic rings. The maximum atomic E-state index is 11.5. The van der Waals surface area contributed by atoms with Crippen molar-refractivity contribution in [1.82, 2.24) is 4.72 Å². The van der Waals surface area contributed by atoms with Crippen molar-refractivity contribution in [1.29, 1.82) is 0 Å². The first-order chi connectivity index (χ1) is 7.01. The molecule has 0 aliphatic heterocycles. The predicted molar refractivity (Wildman–Crippen MR) is 58.3 cm³/mol. The predicted octanol–water partition coefficient (Wildman–Crippen LogP) is 0.576. The van der Waals surface area contributed by atoms with Gasteiger partial charge in [0.2, 0.25) is 10.0 Å². The van der Waals surface area contributed by atoms with E-state index in [4.69, 9.17) is 10.5 Å². The van der Waals surface area contributed by atoms with Crippen molar-refractivity contribution in [3.8, 4) is 5.75 Å². The second-order valence-corrected chi connectivity index (χ2v) is 4.73. The first kappa shape index (κ1) is 11.8. The van der Waals surface area contributed by atoms with Crippen LogP contribution in [0.2, 0.25) is 0 Å². The maximum absolute atomic E-state index is 11.5. The van der Waals surface area contributed by atoms with Gasteiger partial charge in [-0.25, -0.2) is 13.1 Å². The van der Waals surface area contributed by atoms with Gasteiger partial charge in [-0.1, -0.05) is 0 Å². The molecule has 0 unspecified atom stereocenters. The third-order valence-electron chi connectivity index (χ3n) is 1.86. The zero-order valence-corrected chi connectivity index (χ0v) is 9.47. The molecule has 0 bridgehead atoms. The number of sulfonamides is 1. The van der Waals surface area contributed by atoms with Crippen LogP contribution in [0.1, 0.15) is 6.92 Å². The number of nitrogen functional groups attached to an aromatic ring is 1. The third-order valence-corrected chi connectivity index (χ3v) is 3.28. The zero-order valence-electron chi connectivity index (χ0n) is 8.65. The van der Waals surface area contributed by atoms with Crippen LogP contribution < -0.4 is 15.2 Å². The van der Waals surface area contributed by atoms with Crippen molar-refractivity contribution < 1.29 is 13.2 Å². The van der Waals surface area contributed by atoms with Crippen molar-refractivity contribution in [2.45, 2.75) is 11.8 Å². The molecule has 1 aromatic carbocycles. The fourth-order valence-electron chi connectivity index (χ4n) is 1.08. The molecule has 3 N–H and O–H groups in total. The molecule has 15 heavy (non-hydrogen) atoms. The van der Waals surface area contributed by atoms with Crippen molar-refractivity contribution in [2.24, 2.45) is 0 Å². The second-order valence-electron chi connectivity index (χ2n) is 2.84. The highest BCUT2D eigenvalue weighted by molar-refractivity contribution is 7.89. The van der Waals surface area contributed by atoms with Crippen LogP contribution in [-0.4, -0.2) is 22.1 Å². The molecule has 0 saturated carbocycles. The molecule has 0 atom stereocenters. The van der Waals surface area contributed by atoms with Crippen LogP contribution in [-0.2, 0) is 10.0 Å². The van der Waals surface area contributed by atoms with Crippen molar-refractivity contribution in [3.63, 3.8) is 0 Å². The van der Waals surface area contributed by atoms with Crippen LogP contribution in [0.25, 0.3) is 0 Å². The van der Waals surface area contributed by atoms with Gasteiger partial charge in [-0.15, -0.1) is 0 Å². The van der Waals surface area contributed by atoms with E-state index >= 15 is 0 Å². The van der Waals surface area contributed by atoms with Crippen LogP contribution >= 0.6 is 0 Å². The summed E-state index contributed by atoms with van der Waals surface area (Å²) in [6.07, 6.45) is 0. The molecule has 0 heterocycles. The van der Waals surface area contributed by atoms with Gasteiger partial charge in [0.1, 0.15) is 5.75 Å². The van der Waals surface area contributed by atoms with E-state index in [-0.39, 0.29) is 4.90 Å². The molecule has 84 valence electrons. The summed E-state index contributed by atoms with van der Waals surface area (Å²) in [6, 6.07) is 4.35. The molecule has 6 heteroatoms. The van der Waals surface area contributed by atoms with Gasteiger partial charge in [0.05, 0.1) is 17.2 Å². The minimum absolute atomic E-state index is 0.141. The van der Waals surface area contributed by atoms with Crippen LogP contribution in [0.15, 0.2) is 23.1 Å². The Labute approximate surface area is 89.3 Å². The number of benzene rings is 1. The van der Waals surface area contributed by atoms with Gasteiger partial charge in [0.15, 0.2) is 0 Å². The summed E-state index contributed by atoms with van der Waals surface area (Å²) in [5.74, 6) is 0.383. The largest absolute Gasteiger partial charge is 0.492 e. The molecule has 0 fully saturated rings. The molecule has 1 rings (SSSR count). The third kappa shape index (κ3) is 2.60. The lowest BCUT2D eigenvalue weighted by atomic mass is 10.3. The first-order valence-corrected chi connectivity index (χ1v) is 5.95. The average molecular weight is 230 g/mol. The molecular weight excluding hydrogens is 216 g/mol. The summed E-state index contributed by atoms with van der Waals surface area (Å²) in [4.78, 5) is 0.141. The van der Waals surface area contributed by atoms with E-state index < -0.39 is 10.0 Å². The Bertz CT molecular complexity index is 443. The monoisotopic (exact) mass is 230 g/mol. The number of hydrogen-bond donors (Lipinski definition) is 2. The summed E-state index contributed by atoms with van der Waals surface area (Å²) in [7, 11) is -2.09. The molecule has 0 amide bonds.